The van der Waals surface area contributed by atoms with E-state index in [1.165, 1.54) is 95.5 Å². The molecule has 0 aliphatic rings. The summed E-state index contributed by atoms with van der Waals surface area (Å²) in [6, 6.07) is 0. The van der Waals surface area contributed by atoms with Crippen LogP contribution in [0.25, 0.3) is 0 Å². The van der Waals surface area contributed by atoms with Gasteiger partial charge in [-0.05, 0) is 38.5 Å². The topological polar surface area (TPSA) is 75.7 Å². The maximum Gasteiger partial charge on any atom is 0.217 e. The Morgan fingerprint density at radius 3 is 1.21 bits per heavy atom. The second kappa shape index (κ2) is 20.5. The van der Waals surface area contributed by atoms with Gasteiger partial charge in [-0.1, -0.05) is 59.3 Å². The minimum absolute atomic E-state index is 0.808. The molecule has 0 N–H and O–H groups in total. The molecule has 172 valence electrons. The lowest BCUT2D eigenvalue weighted by Crippen LogP contribution is -2.14. The fourth-order valence-electron chi connectivity index (χ4n) is 3.42. The molecule has 0 rings (SSSR count). The molecule has 0 aliphatic heterocycles. The molecule has 0 saturated carbocycles. The van der Waals surface area contributed by atoms with E-state index in [2.05, 4.69) is 25.0 Å². The molecule has 7 heteroatoms. The van der Waals surface area contributed by atoms with Crippen LogP contribution in [-0.4, -0.2) is 52.0 Å². The molecular formula is C21H47O5PS. The monoisotopic (exact) mass is 442 g/mol. The number of ether oxygens (including phenoxy) is 1. The van der Waals surface area contributed by atoms with E-state index >= 15 is 0 Å². The van der Waals surface area contributed by atoms with E-state index in [4.69, 9.17) is 4.74 Å². The molecule has 0 aromatic heterocycles. The van der Waals surface area contributed by atoms with E-state index in [1.807, 2.05) is 7.11 Å². The average molecular weight is 443 g/mol. The van der Waals surface area contributed by atoms with Gasteiger partial charge in [0.15, 0.2) is 6.35 Å². The van der Waals surface area contributed by atoms with Crippen molar-refractivity contribution in [2.24, 2.45) is 0 Å². The molecule has 0 fully saturated rings. The third-order valence-electron chi connectivity index (χ3n) is 5.07. The number of hydrogen-bond donors (Lipinski definition) is 0. The normalized spacial score (nSPS) is 11.9. The van der Waals surface area contributed by atoms with Crippen LogP contribution in [0.5, 0.6) is 0 Å². The quantitative estimate of drug-likeness (QED) is 0.106. The molecule has 28 heavy (non-hydrogen) atoms. The predicted octanol–water partition coefficient (Wildman–Crippen LogP) is 6.44. The average Bonchev–Trinajstić information content (AvgIpc) is 2.66. The van der Waals surface area contributed by atoms with Gasteiger partial charge in [0.05, 0.1) is 25.6 Å². The number of hydrogen-bond acceptors (Lipinski definition) is 5. The smallest absolute Gasteiger partial charge is 0.217 e. The van der Waals surface area contributed by atoms with Gasteiger partial charge in [0, 0.05) is 14.4 Å². The molecule has 0 heterocycles. The van der Waals surface area contributed by atoms with E-state index < -0.39 is 17.7 Å². The van der Waals surface area contributed by atoms with Crippen molar-refractivity contribution in [3.63, 3.8) is 0 Å². The Morgan fingerprint density at radius 1 is 0.679 bits per heavy atom. The van der Waals surface area contributed by atoms with Crippen LogP contribution in [0.3, 0.4) is 0 Å². The Labute approximate surface area is 176 Å². The highest BCUT2D eigenvalue weighted by Gasteiger charge is 2.35. The van der Waals surface area contributed by atoms with Gasteiger partial charge in [-0.25, -0.2) is 8.42 Å². The van der Waals surface area contributed by atoms with Crippen LogP contribution in [-0.2, 0) is 19.3 Å². The molecule has 0 amide bonds. The standard InChI is InChI=1S/C20H44OP.CH4O4S/c1-5-8-11-14-17-22(20-21-4,18-15-12-9-6-2)19-16-13-10-7-3;1-5-6(2,3)4/h5-20H2,1-4H3;1H3,(H,2,3,4)/q+1;/p-1. The third kappa shape index (κ3) is 21.0. The SMILES string of the molecule is CCCCCC[P+](CCCCCC)(CCCCCC)COC.COS(=O)(=O)[O-]. The van der Waals surface area contributed by atoms with E-state index in [1.54, 1.807) is 0 Å². The van der Waals surface area contributed by atoms with Crippen LogP contribution in [0.2, 0.25) is 0 Å². The van der Waals surface area contributed by atoms with Crippen LogP contribution in [0.1, 0.15) is 97.8 Å². The van der Waals surface area contributed by atoms with Gasteiger partial charge in [-0.2, -0.15) is 0 Å². The summed E-state index contributed by atoms with van der Waals surface area (Å²) in [6.07, 6.45) is 22.5. The van der Waals surface area contributed by atoms with Crippen molar-refractivity contribution in [3.05, 3.63) is 0 Å². The first kappa shape index (κ1) is 30.5. The molecule has 0 aliphatic carbocycles. The van der Waals surface area contributed by atoms with E-state index in [-0.39, 0.29) is 0 Å². The van der Waals surface area contributed by atoms with Gasteiger partial charge in [0.25, 0.3) is 0 Å². The van der Waals surface area contributed by atoms with Crippen LogP contribution in [0.4, 0.5) is 0 Å². The van der Waals surface area contributed by atoms with Crippen molar-refractivity contribution in [3.8, 4) is 0 Å². The van der Waals surface area contributed by atoms with E-state index in [0.717, 1.165) is 13.5 Å². The summed E-state index contributed by atoms with van der Waals surface area (Å²) in [5, 5.41) is 0. The second-order valence-corrected chi connectivity index (χ2v) is 13.1. The lowest BCUT2D eigenvalue weighted by Gasteiger charge is -2.27. The Bertz CT molecular complexity index is 384. The van der Waals surface area contributed by atoms with Crippen LogP contribution in [0.15, 0.2) is 0 Å². The zero-order chi connectivity index (χ0) is 21.7. The van der Waals surface area contributed by atoms with Crippen molar-refractivity contribution in [1.29, 1.82) is 0 Å². The first-order valence-corrected chi connectivity index (χ1v) is 15.0. The van der Waals surface area contributed by atoms with Crippen molar-refractivity contribution in [1.82, 2.24) is 0 Å². The fraction of sp³-hybridized carbons (Fsp3) is 1.00. The number of methoxy groups -OCH3 is 1. The molecule has 0 atom stereocenters. The summed E-state index contributed by atoms with van der Waals surface area (Å²) in [6.45, 7) is 6.94. The molecule has 0 aromatic carbocycles. The zero-order valence-corrected chi connectivity index (χ0v) is 20.9. The third-order valence-corrected chi connectivity index (χ3v) is 10.1. The minimum Gasteiger partial charge on any atom is -0.726 e. The molecule has 5 nitrogen and oxygen atoms in total. The van der Waals surface area contributed by atoms with Gasteiger partial charge in [0.2, 0.25) is 10.4 Å². The maximum absolute atomic E-state index is 9.22. The van der Waals surface area contributed by atoms with Crippen LogP contribution >= 0.6 is 7.26 Å². The summed E-state index contributed by atoms with van der Waals surface area (Å²) in [4.78, 5) is 0. The predicted molar refractivity (Wildman–Crippen MR) is 123 cm³/mol. The second-order valence-electron chi connectivity index (χ2n) is 7.69. The molecule has 0 spiro atoms. The Kier molecular flexibility index (Phi) is 22.3. The first-order chi connectivity index (χ1) is 13.3. The highest BCUT2D eigenvalue weighted by atomic mass is 32.3. The molecule has 0 radical (unpaired) electrons. The molecular weight excluding hydrogens is 395 g/mol. The Balaban J connectivity index is 0. The lowest BCUT2D eigenvalue weighted by atomic mass is 10.2. The van der Waals surface area contributed by atoms with Gasteiger partial charge in [-0.3, -0.25) is 4.18 Å². The fourth-order valence-corrected chi connectivity index (χ4v) is 7.71. The maximum atomic E-state index is 9.22. The Morgan fingerprint density at radius 2 is 1.00 bits per heavy atom. The van der Waals surface area contributed by atoms with Gasteiger partial charge in [-0.15, -0.1) is 0 Å². The van der Waals surface area contributed by atoms with Crippen LogP contribution in [0, 0.1) is 0 Å². The molecule has 0 unspecified atom stereocenters. The summed E-state index contributed by atoms with van der Waals surface area (Å²) in [7, 11) is -2.51. The molecule has 0 aromatic rings. The van der Waals surface area contributed by atoms with Crippen molar-refractivity contribution in [2.75, 3.05) is 39.1 Å². The summed E-state index contributed by atoms with van der Waals surface area (Å²) >= 11 is 0. The molecule has 0 saturated heterocycles. The first-order valence-electron chi connectivity index (χ1n) is 11.2. The number of rotatable bonds is 18. The minimum atomic E-state index is -4.41. The summed E-state index contributed by atoms with van der Waals surface area (Å²) < 4.78 is 36.7. The molecule has 0 bridgehead atoms. The Hall–Kier alpha value is 0.260. The van der Waals surface area contributed by atoms with Crippen LogP contribution < -0.4 is 0 Å². The van der Waals surface area contributed by atoms with Crippen molar-refractivity contribution in [2.45, 2.75) is 97.8 Å². The van der Waals surface area contributed by atoms with Crippen molar-refractivity contribution < 1.29 is 21.9 Å². The summed E-state index contributed by atoms with van der Waals surface area (Å²) in [5.41, 5.74) is 0. The zero-order valence-electron chi connectivity index (χ0n) is 19.2. The lowest BCUT2D eigenvalue weighted by molar-refractivity contribution is 0.252. The van der Waals surface area contributed by atoms with Gasteiger partial charge in [0.1, 0.15) is 0 Å². The number of unbranched alkanes of at least 4 members (excludes halogenated alkanes) is 9. The highest BCUT2D eigenvalue weighted by molar-refractivity contribution is 7.80. The van der Waals surface area contributed by atoms with Gasteiger partial charge < -0.3 is 9.29 Å². The van der Waals surface area contributed by atoms with E-state index in [0.29, 0.717) is 0 Å². The largest absolute Gasteiger partial charge is 0.726 e. The van der Waals surface area contributed by atoms with Gasteiger partial charge >= 0.3 is 0 Å². The highest BCUT2D eigenvalue weighted by Crippen LogP contribution is 2.60. The van der Waals surface area contributed by atoms with E-state index in [9.17, 15) is 13.0 Å². The van der Waals surface area contributed by atoms with Crippen molar-refractivity contribution >= 4 is 17.7 Å². The summed E-state index contributed by atoms with van der Waals surface area (Å²) in [5.74, 6) is 0.